The molecule has 5 heteroatoms. The topological polar surface area (TPSA) is 55.6 Å². The highest BCUT2D eigenvalue weighted by atomic mass is 15.1. The van der Waals surface area contributed by atoms with E-state index in [1.54, 1.807) is 12.5 Å². The van der Waals surface area contributed by atoms with E-state index in [1.807, 2.05) is 30.8 Å². The molecule has 0 radical (unpaired) electrons. The van der Waals surface area contributed by atoms with Gasteiger partial charge in [0, 0.05) is 31.2 Å². The monoisotopic (exact) mass is 203 g/mol. The zero-order valence-electron chi connectivity index (χ0n) is 8.81. The molecule has 0 fully saturated rings. The fourth-order valence-corrected chi connectivity index (χ4v) is 1.29. The van der Waals surface area contributed by atoms with E-state index in [0.29, 0.717) is 6.54 Å². The van der Waals surface area contributed by atoms with Gasteiger partial charge in [0.1, 0.15) is 18.0 Å². The van der Waals surface area contributed by atoms with Crippen LogP contribution in [0.25, 0.3) is 0 Å². The number of hydrogen-bond donors (Lipinski definition) is 1. The summed E-state index contributed by atoms with van der Waals surface area (Å²) in [5, 5.41) is 3.19. The van der Waals surface area contributed by atoms with Crippen molar-refractivity contribution in [2.75, 3.05) is 5.32 Å². The van der Waals surface area contributed by atoms with E-state index in [4.69, 9.17) is 0 Å². The van der Waals surface area contributed by atoms with E-state index >= 15 is 0 Å². The molecule has 0 aliphatic carbocycles. The third-order valence-electron chi connectivity index (χ3n) is 2.15. The van der Waals surface area contributed by atoms with Crippen LogP contribution in [0.4, 0.5) is 5.82 Å². The van der Waals surface area contributed by atoms with Gasteiger partial charge in [-0.05, 0) is 6.92 Å². The second-order valence-corrected chi connectivity index (χ2v) is 3.35. The van der Waals surface area contributed by atoms with E-state index in [2.05, 4.69) is 20.3 Å². The van der Waals surface area contributed by atoms with Crippen molar-refractivity contribution < 1.29 is 0 Å². The van der Waals surface area contributed by atoms with Crippen molar-refractivity contribution in [3.63, 3.8) is 0 Å². The standard InChI is InChI=1S/C10H13N5/c1-8-5-9(14-7-13-8)12-6-10-11-3-4-15(10)2/h3-5,7H,6H2,1-2H3,(H,12,13,14). The first-order valence-electron chi connectivity index (χ1n) is 4.74. The Hall–Kier alpha value is -1.91. The SMILES string of the molecule is Cc1cc(NCc2nccn2C)ncn1. The molecule has 2 aromatic heterocycles. The molecular weight excluding hydrogens is 190 g/mol. The van der Waals surface area contributed by atoms with Gasteiger partial charge >= 0.3 is 0 Å². The number of imidazole rings is 1. The first-order valence-corrected chi connectivity index (χ1v) is 4.74. The number of nitrogens with zero attached hydrogens (tertiary/aromatic N) is 4. The molecule has 2 heterocycles. The highest BCUT2D eigenvalue weighted by molar-refractivity contribution is 5.34. The highest BCUT2D eigenvalue weighted by Gasteiger charge is 1.99. The summed E-state index contributed by atoms with van der Waals surface area (Å²) in [7, 11) is 1.97. The molecule has 78 valence electrons. The zero-order valence-corrected chi connectivity index (χ0v) is 8.81. The van der Waals surface area contributed by atoms with Gasteiger partial charge in [-0.3, -0.25) is 0 Å². The van der Waals surface area contributed by atoms with Crippen LogP contribution in [0.15, 0.2) is 24.8 Å². The number of anilines is 1. The van der Waals surface area contributed by atoms with Crippen LogP contribution in [-0.4, -0.2) is 19.5 Å². The normalized spacial score (nSPS) is 10.3. The molecule has 2 aromatic rings. The zero-order chi connectivity index (χ0) is 10.7. The average molecular weight is 203 g/mol. The smallest absolute Gasteiger partial charge is 0.129 e. The van der Waals surface area contributed by atoms with Crippen LogP contribution in [0.2, 0.25) is 0 Å². The van der Waals surface area contributed by atoms with E-state index < -0.39 is 0 Å². The molecule has 0 unspecified atom stereocenters. The molecular formula is C10H13N5. The van der Waals surface area contributed by atoms with Crippen LogP contribution in [-0.2, 0) is 13.6 Å². The lowest BCUT2D eigenvalue weighted by atomic mass is 10.4. The summed E-state index contributed by atoms with van der Waals surface area (Å²) in [5.74, 6) is 1.80. The minimum Gasteiger partial charge on any atom is -0.363 e. The van der Waals surface area contributed by atoms with Gasteiger partial charge in [-0.1, -0.05) is 0 Å². The lowest BCUT2D eigenvalue weighted by Crippen LogP contribution is -2.07. The Bertz CT molecular complexity index is 449. The Morgan fingerprint density at radius 2 is 2.20 bits per heavy atom. The van der Waals surface area contributed by atoms with Gasteiger partial charge in [0.05, 0.1) is 6.54 Å². The van der Waals surface area contributed by atoms with Gasteiger partial charge in [-0.15, -0.1) is 0 Å². The third kappa shape index (κ3) is 2.31. The summed E-state index contributed by atoms with van der Waals surface area (Å²) in [6.07, 6.45) is 5.25. The molecule has 0 atom stereocenters. The number of rotatable bonds is 3. The molecule has 0 saturated heterocycles. The van der Waals surface area contributed by atoms with Crippen molar-refractivity contribution in [2.45, 2.75) is 13.5 Å². The fraction of sp³-hybridized carbons (Fsp3) is 0.300. The molecule has 0 aromatic carbocycles. The predicted molar refractivity (Wildman–Crippen MR) is 57.3 cm³/mol. The molecule has 15 heavy (non-hydrogen) atoms. The largest absolute Gasteiger partial charge is 0.363 e. The molecule has 0 saturated carbocycles. The van der Waals surface area contributed by atoms with Crippen molar-refractivity contribution in [1.29, 1.82) is 0 Å². The lowest BCUT2D eigenvalue weighted by Gasteiger charge is -2.05. The molecule has 5 nitrogen and oxygen atoms in total. The Balaban J connectivity index is 2.02. The molecule has 0 aliphatic rings. The van der Waals surface area contributed by atoms with Crippen LogP contribution in [0.5, 0.6) is 0 Å². The summed E-state index contributed by atoms with van der Waals surface area (Å²) in [5.41, 5.74) is 0.951. The van der Waals surface area contributed by atoms with Gasteiger partial charge in [0.2, 0.25) is 0 Å². The van der Waals surface area contributed by atoms with Crippen molar-refractivity contribution in [3.8, 4) is 0 Å². The van der Waals surface area contributed by atoms with Gasteiger partial charge < -0.3 is 9.88 Å². The Labute approximate surface area is 88.2 Å². The number of nitrogens with one attached hydrogen (secondary N) is 1. The summed E-state index contributed by atoms with van der Waals surface area (Å²) in [4.78, 5) is 12.4. The second kappa shape index (κ2) is 4.08. The van der Waals surface area contributed by atoms with E-state index in [0.717, 1.165) is 17.3 Å². The summed E-state index contributed by atoms with van der Waals surface area (Å²) < 4.78 is 1.97. The first-order chi connectivity index (χ1) is 7.25. The van der Waals surface area contributed by atoms with Gasteiger partial charge in [-0.2, -0.15) is 0 Å². The molecule has 0 spiro atoms. The molecule has 0 amide bonds. The summed E-state index contributed by atoms with van der Waals surface area (Å²) in [6, 6.07) is 1.91. The summed E-state index contributed by atoms with van der Waals surface area (Å²) in [6.45, 7) is 2.60. The summed E-state index contributed by atoms with van der Waals surface area (Å²) >= 11 is 0. The number of aromatic nitrogens is 4. The van der Waals surface area contributed by atoms with Crippen LogP contribution in [0, 0.1) is 6.92 Å². The maximum Gasteiger partial charge on any atom is 0.129 e. The Kier molecular flexibility index (Phi) is 2.62. The number of aryl methyl sites for hydroxylation is 2. The molecule has 1 N–H and O–H groups in total. The Morgan fingerprint density at radius 3 is 2.87 bits per heavy atom. The van der Waals surface area contributed by atoms with E-state index in [9.17, 15) is 0 Å². The van der Waals surface area contributed by atoms with Gasteiger partial charge in [-0.25, -0.2) is 15.0 Å². The third-order valence-corrected chi connectivity index (χ3v) is 2.15. The van der Waals surface area contributed by atoms with Crippen LogP contribution < -0.4 is 5.32 Å². The van der Waals surface area contributed by atoms with E-state index in [1.165, 1.54) is 0 Å². The molecule has 0 bridgehead atoms. The average Bonchev–Trinajstić information content (AvgIpc) is 2.61. The van der Waals surface area contributed by atoms with Crippen molar-refractivity contribution in [2.24, 2.45) is 7.05 Å². The quantitative estimate of drug-likeness (QED) is 0.812. The van der Waals surface area contributed by atoms with Crippen LogP contribution in [0.3, 0.4) is 0 Å². The van der Waals surface area contributed by atoms with Crippen molar-refractivity contribution in [1.82, 2.24) is 19.5 Å². The van der Waals surface area contributed by atoms with Gasteiger partial charge in [0.15, 0.2) is 0 Å². The van der Waals surface area contributed by atoms with Gasteiger partial charge in [0.25, 0.3) is 0 Å². The minimum atomic E-state index is 0.667. The second-order valence-electron chi connectivity index (χ2n) is 3.35. The van der Waals surface area contributed by atoms with E-state index in [-0.39, 0.29) is 0 Å². The van der Waals surface area contributed by atoms with Crippen LogP contribution >= 0.6 is 0 Å². The maximum absolute atomic E-state index is 4.21. The maximum atomic E-state index is 4.21. The molecule has 0 aliphatic heterocycles. The minimum absolute atomic E-state index is 0.667. The highest BCUT2D eigenvalue weighted by Crippen LogP contribution is 2.04. The van der Waals surface area contributed by atoms with Crippen molar-refractivity contribution >= 4 is 5.82 Å². The predicted octanol–water partition coefficient (Wildman–Crippen LogP) is 1.13. The molecule has 2 rings (SSSR count). The number of hydrogen-bond acceptors (Lipinski definition) is 4. The van der Waals surface area contributed by atoms with Crippen LogP contribution in [0.1, 0.15) is 11.5 Å². The first kappa shape index (κ1) is 9.64. The fourth-order valence-electron chi connectivity index (χ4n) is 1.29. The van der Waals surface area contributed by atoms with Crippen molar-refractivity contribution in [3.05, 3.63) is 36.3 Å². The Morgan fingerprint density at radius 1 is 1.33 bits per heavy atom. The lowest BCUT2D eigenvalue weighted by molar-refractivity contribution is 0.810.